The van der Waals surface area contributed by atoms with Gasteiger partial charge in [0.15, 0.2) is 0 Å². The molecule has 0 spiro atoms. The normalized spacial score (nSPS) is 20.4. The van der Waals surface area contributed by atoms with Gasteiger partial charge < -0.3 is 15.0 Å². The molecular formula is C17H16N4O4. The fraction of sp³-hybridized carbons (Fsp3) is 0.294. The Morgan fingerprint density at radius 2 is 2.04 bits per heavy atom. The number of carbonyl (C=O) groups excluding carboxylic acids is 1. The van der Waals surface area contributed by atoms with Crippen LogP contribution in [-0.4, -0.2) is 49.6 Å². The fourth-order valence-electron chi connectivity index (χ4n) is 3.46. The van der Waals surface area contributed by atoms with Crippen LogP contribution in [0.25, 0.3) is 16.6 Å². The van der Waals surface area contributed by atoms with E-state index in [1.165, 1.54) is 15.6 Å². The van der Waals surface area contributed by atoms with Crippen molar-refractivity contribution >= 4 is 28.4 Å². The summed E-state index contributed by atoms with van der Waals surface area (Å²) in [6.45, 7) is 2.34. The molecule has 0 unspecified atom stereocenters. The van der Waals surface area contributed by atoms with Gasteiger partial charge in [-0.3, -0.25) is 14.4 Å². The second-order valence-electron chi connectivity index (χ2n) is 6.42. The number of aromatic amines is 1. The lowest BCUT2D eigenvalue weighted by Crippen LogP contribution is -2.30. The Labute approximate surface area is 141 Å². The SMILES string of the molecule is C[C@@H]1CN(C(=O)c2cnn3c2[nH]c(=O)c2ccccc23)C[C@H]1C(=O)O. The monoisotopic (exact) mass is 340 g/mol. The molecule has 0 saturated carbocycles. The Hall–Kier alpha value is -3.16. The summed E-state index contributed by atoms with van der Waals surface area (Å²) in [6, 6.07) is 7.01. The average Bonchev–Trinajstić information content (AvgIpc) is 3.18. The van der Waals surface area contributed by atoms with Gasteiger partial charge in [-0.2, -0.15) is 5.10 Å². The molecule has 3 aromatic rings. The molecule has 8 nitrogen and oxygen atoms in total. The lowest BCUT2D eigenvalue weighted by molar-refractivity contribution is -0.142. The van der Waals surface area contributed by atoms with Crippen LogP contribution < -0.4 is 5.56 Å². The number of hydrogen-bond donors (Lipinski definition) is 2. The van der Waals surface area contributed by atoms with Crippen molar-refractivity contribution in [3.63, 3.8) is 0 Å². The molecule has 128 valence electrons. The van der Waals surface area contributed by atoms with E-state index in [-0.39, 0.29) is 29.5 Å². The molecule has 1 aliphatic heterocycles. The third-order valence-corrected chi connectivity index (χ3v) is 4.83. The van der Waals surface area contributed by atoms with Gasteiger partial charge in [0.2, 0.25) is 0 Å². The third-order valence-electron chi connectivity index (χ3n) is 4.83. The number of carboxylic acid groups (broad SMARTS) is 1. The fourth-order valence-corrected chi connectivity index (χ4v) is 3.46. The number of nitrogens with one attached hydrogen (secondary N) is 1. The molecule has 0 aliphatic carbocycles. The molecule has 1 saturated heterocycles. The van der Waals surface area contributed by atoms with E-state index in [2.05, 4.69) is 10.1 Å². The second kappa shape index (κ2) is 5.44. The number of rotatable bonds is 2. The molecule has 0 radical (unpaired) electrons. The number of amides is 1. The molecule has 1 fully saturated rings. The smallest absolute Gasteiger partial charge is 0.308 e. The van der Waals surface area contributed by atoms with E-state index >= 15 is 0 Å². The van der Waals surface area contributed by atoms with Gasteiger partial charge in [-0.05, 0) is 18.1 Å². The van der Waals surface area contributed by atoms with Gasteiger partial charge in [-0.25, -0.2) is 4.52 Å². The maximum absolute atomic E-state index is 12.8. The van der Waals surface area contributed by atoms with Crippen LogP contribution in [0.5, 0.6) is 0 Å². The highest BCUT2D eigenvalue weighted by molar-refractivity contribution is 6.01. The summed E-state index contributed by atoms with van der Waals surface area (Å²) in [5.74, 6) is -1.92. The summed E-state index contributed by atoms with van der Waals surface area (Å²) < 4.78 is 1.53. The van der Waals surface area contributed by atoms with Gasteiger partial charge in [0.1, 0.15) is 11.2 Å². The quantitative estimate of drug-likeness (QED) is 0.723. The Balaban J connectivity index is 1.79. The molecule has 1 aromatic carbocycles. The number of likely N-dealkylation sites (tertiary alicyclic amines) is 1. The zero-order valence-electron chi connectivity index (χ0n) is 13.5. The predicted molar refractivity (Wildman–Crippen MR) is 89.5 cm³/mol. The van der Waals surface area contributed by atoms with Crippen LogP contribution in [0.3, 0.4) is 0 Å². The summed E-state index contributed by atoms with van der Waals surface area (Å²) in [6.07, 6.45) is 1.42. The van der Waals surface area contributed by atoms with Crippen LogP contribution in [0.2, 0.25) is 0 Å². The maximum atomic E-state index is 12.8. The molecule has 8 heteroatoms. The summed E-state index contributed by atoms with van der Waals surface area (Å²) >= 11 is 0. The zero-order valence-corrected chi connectivity index (χ0v) is 13.5. The second-order valence-corrected chi connectivity index (χ2v) is 6.42. The minimum Gasteiger partial charge on any atom is -0.481 e. The molecule has 1 aliphatic rings. The standard InChI is InChI=1S/C17H16N4O4/c1-9-7-20(8-12(9)17(24)25)16(23)11-6-18-21-13-5-3-2-4-10(13)15(22)19-14(11)21/h2-6,9,12H,7-8H2,1H3,(H,19,22)(H,24,25)/t9-,12-/m1/s1. The van der Waals surface area contributed by atoms with Crippen molar-refractivity contribution in [2.24, 2.45) is 11.8 Å². The summed E-state index contributed by atoms with van der Waals surface area (Å²) in [4.78, 5) is 40.6. The third kappa shape index (κ3) is 2.29. The Bertz CT molecular complexity index is 1070. The van der Waals surface area contributed by atoms with Crippen molar-refractivity contribution in [3.8, 4) is 0 Å². The van der Waals surface area contributed by atoms with E-state index in [0.717, 1.165) is 0 Å². The highest BCUT2D eigenvalue weighted by Crippen LogP contribution is 2.25. The van der Waals surface area contributed by atoms with Crippen molar-refractivity contribution < 1.29 is 14.7 Å². The largest absolute Gasteiger partial charge is 0.481 e. The lowest BCUT2D eigenvalue weighted by Gasteiger charge is -2.14. The van der Waals surface area contributed by atoms with E-state index in [0.29, 0.717) is 23.1 Å². The lowest BCUT2D eigenvalue weighted by atomic mass is 9.99. The Kier molecular flexibility index (Phi) is 3.34. The number of fused-ring (bicyclic) bond motifs is 3. The molecule has 2 aromatic heterocycles. The van der Waals surface area contributed by atoms with Gasteiger partial charge in [-0.1, -0.05) is 19.1 Å². The van der Waals surface area contributed by atoms with Crippen LogP contribution in [-0.2, 0) is 4.79 Å². The number of hydrogen-bond acceptors (Lipinski definition) is 4. The topological polar surface area (TPSA) is 108 Å². The Morgan fingerprint density at radius 1 is 1.28 bits per heavy atom. The van der Waals surface area contributed by atoms with Crippen molar-refractivity contribution in [1.29, 1.82) is 0 Å². The molecule has 1 amide bonds. The highest BCUT2D eigenvalue weighted by atomic mass is 16.4. The van der Waals surface area contributed by atoms with Crippen LogP contribution in [0.1, 0.15) is 17.3 Å². The minimum absolute atomic E-state index is 0.122. The van der Waals surface area contributed by atoms with Crippen molar-refractivity contribution in [2.75, 3.05) is 13.1 Å². The van der Waals surface area contributed by atoms with Crippen molar-refractivity contribution in [1.82, 2.24) is 19.5 Å². The van der Waals surface area contributed by atoms with Gasteiger partial charge in [-0.15, -0.1) is 0 Å². The molecular weight excluding hydrogens is 324 g/mol. The molecule has 4 rings (SSSR count). The summed E-state index contributed by atoms with van der Waals surface area (Å²) in [5.41, 5.74) is 0.899. The Morgan fingerprint density at radius 3 is 2.76 bits per heavy atom. The molecule has 2 N–H and O–H groups in total. The van der Waals surface area contributed by atoms with Crippen LogP contribution in [0.4, 0.5) is 0 Å². The molecule has 25 heavy (non-hydrogen) atoms. The predicted octanol–water partition coefficient (Wildman–Crippen LogP) is 0.969. The van der Waals surface area contributed by atoms with Crippen LogP contribution in [0, 0.1) is 11.8 Å². The van der Waals surface area contributed by atoms with E-state index in [4.69, 9.17) is 0 Å². The number of aromatic nitrogens is 3. The molecule has 3 heterocycles. The number of H-pyrrole nitrogens is 1. The van der Waals surface area contributed by atoms with E-state index in [1.54, 1.807) is 24.3 Å². The van der Waals surface area contributed by atoms with E-state index in [1.807, 2.05) is 6.92 Å². The summed E-state index contributed by atoms with van der Waals surface area (Å²) in [7, 11) is 0. The first-order chi connectivity index (χ1) is 12.0. The van der Waals surface area contributed by atoms with Gasteiger partial charge in [0.25, 0.3) is 11.5 Å². The van der Waals surface area contributed by atoms with Crippen molar-refractivity contribution in [3.05, 3.63) is 46.4 Å². The van der Waals surface area contributed by atoms with Gasteiger partial charge in [0, 0.05) is 13.1 Å². The number of benzene rings is 1. The van der Waals surface area contributed by atoms with Gasteiger partial charge >= 0.3 is 5.97 Å². The number of aliphatic carboxylic acids is 1. The van der Waals surface area contributed by atoms with Crippen LogP contribution >= 0.6 is 0 Å². The average molecular weight is 340 g/mol. The number of para-hydroxylation sites is 1. The number of carboxylic acids is 1. The van der Waals surface area contributed by atoms with E-state index in [9.17, 15) is 19.5 Å². The van der Waals surface area contributed by atoms with Crippen molar-refractivity contribution in [2.45, 2.75) is 6.92 Å². The highest BCUT2D eigenvalue weighted by Gasteiger charge is 2.38. The van der Waals surface area contributed by atoms with Crippen LogP contribution in [0.15, 0.2) is 35.3 Å². The first-order valence-electron chi connectivity index (χ1n) is 7.98. The maximum Gasteiger partial charge on any atom is 0.308 e. The first kappa shape index (κ1) is 15.4. The number of carbonyl (C=O) groups is 2. The first-order valence-corrected chi connectivity index (χ1v) is 7.98. The minimum atomic E-state index is -0.901. The molecule has 2 atom stereocenters. The van der Waals surface area contributed by atoms with Gasteiger partial charge in [0.05, 0.1) is 23.0 Å². The summed E-state index contributed by atoms with van der Waals surface area (Å²) in [5, 5.41) is 14.0. The number of nitrogens with zero attached hydrogens (tertiary/aromatic N) is 3. The zero-order chi connectivity index (χ0) is 17.7. The molecule has 0 bridgehead atoms. The van der Waals surface area contributed by atoms with E-state index < -0.39 is 11.9 Å².